The maximum Gasteiger partial charge on any atom is 0.397 e. The van der Waals surface area contributed by atoms with E-state index in [1.54, 1.807) is 0 Å². The molecule has 0 spiro atoms. The lowest BCUT2D eigenvalue weighted by Crippen LogP contribution is -2.60. The van der Waals surface area contributed by atoms with Gasteiger partial charge in [0.1, 0.15) is 30.5 Å². The molecule has 4 N–H and O–H groups in total. The highest BCUT2D eigenvalue weighted by Gasteiger charge is 2.48. The van der Waals surface area contributed by atoms with Gasteiger partial charge in [-0.3, -0.25) is 9.35 Å². The minimum atomic E-state index is -5.05. The van der Waals surface area contributed by atoms with Crippen molar-refractivity contribution in [2.45, 2.75) is 243 Å². The zero-order valence-electron chi connectivity index (χ0n) is 35.5. The van der Waals surface area contributed by atoms with E-state index < -0.39 is 59.8 Å². The molecule has 0 aliphatic carbocycles. The summed E-state index contributed by atoms with van der Waals surface area (Å²) in [5.74, 6) is -0.396. The van der Waals surface area contributed by atoms with Crippen LogP contribution in [0.5, 0.6) is 0 Å². The maximum absolute atomic E-state index is 12.8. The van der Waals surface area contributed by atoms with Crippen LogP contribution in [0.25, 0.3) is 0 Å². The summed E-state index contributed by atoms with van der Waals surface area (Å²) >= 11 is 0. The van der Waals surface area contributed by atoms with Crippen LogP contribution >= 0.6 is 0 Å². The standard InChI is InChI=1S/C43H84O12S/c1-3-5-7-9-11-13-15-16-17-18-19-20-21-23-25-27-29-31-33-51-35-37(53-39(45)32-30-28-26-24-22-14-12-10-8-6-4-2)36-52-43-41(47)42(55-56(48,49)50)40(46)38(34-44)54-43/h37-38,40-44,46-47H,3-36H2,1-2H3,(H,48,49,50). The van der Waals surface area contributed by atoms with Crippen LogP contribution in [-0.4, -0.2) is 97.5 Å². The van der Waals surface area contributed by atoms with E-state index in [1.165, 1.54) is 141 Å². The number of unbranched alkanes of at least 4 members (excludes halogenated alkanes) is 27. The fourth-order valence-electron chi connectivity index (χ4n) is 7.26. The summed E-state index contributed by atoms with van der Waals surface area (Å²) in [6.07, 6.45) is 27.1. The van der Waals surface area contributed by atoms with E-state index in [0.717, 1.165) is 38.5 Å². The Labute approximate surface area is 341 Å². The monoisotopic (exact) mass is 825 g/mol. The number of hydrogen-bond acceptors (Lipinski definition) is 11. The first kappa shape index (κ1) is 53.1. The van der Waals surface area contributed by atoms with Crippen molar-refractivity contribution in [2.24, 2.45) is 0 Å². The molecule has 0 saturated carbocycles. The first-order chi connectivity index (χ1) is 27.1. The van der Waals surface area contributed by atoms with Crippen molar-refractivity contribution in [2.75, 3.05) is 26.4 Å². The van der Waals surface area contributed by atoms with Gasteiger partial charge in [0, 0.05) is 13.0 Å². The average Bonchev–Trinajstić information content (AvgIpc) is 3.17. The van der Waals surface area contributed by atoms with Gasteiger partial charge in [-0.05, 0) is 12.8 Å². The van der Waals surface area contributed by atoms with Gasteiger partial charge in [0.25, 0.3) is 0 Å². The first-order valence-corrected chi connectivity index (χ1v) is 24.2. The van der Waals surface area contributed by atoms with Crippen LogP contribution in [0.15, 0.2) is 0 Å². The van der Waals surface area contributed by atoms with E-state index >= 15 is 0 Å². The number of aliphatic hydroxyl groups excluding tert-OH is 3. The summed E-state index contributed by atoms with van der Waals surface area (Å²) < 4.78 is 59.0. The lowest BCUT2D eigenvalue weighted by molar-refractivity contribution is -0.301. The first-order valence-electron chi connectivity index (χ1n) is 22.8. The van der Waals surface area contributed by atoms with Gasteiger partial charge in [-0.25, -0.2) is 4.18 Å². The summed E-state index contributed by atoms with van der Waals surface area (Å²) in [4.78, 5) is 12.8. The highest BCUT2D eigenvalue weighted by molar-refractivity contribution is 7.80. The second-order valence-electron chi connectivity index (χ2n) is 16.0. The lowest BCUT2D eigenvalue weighted by Gasteiger charge is -2.41. The van der Waals surface area contributed by atoms with Crippen molar-refractivity contribution < 1.29 is 56.2 Å². The molecule has 56 heavy (non-hydrogen) atoms. The van der Waals surface area contributed by atoms with Crippen LogP contribution in [0.1, 0.15) is 206 Å². The molecule has 0 aromatic heterocycles. The largest absolute Gasteiger partial charge is 0.457 e. The molecule has 13 heteroatoms. The van der Waals surface area contributed by atoms with Crippen LogP contribution < -0.4 is 0 Å². The Morgan fingerprint density at radius 1 is 0.607 bits per heavy atom. The zero-order valence-corrected chi connectivity index (χ0v) is 36.3. The van der Waals surface area contributed by atoms with E-state index in [1.807, 2.05) is 0 Å². The number of aliphatic hydroxyl groups is 3. The van der Waals surface area contributed by atoms with Crippen molar-refractivity contribution in [3.8, 4) is 0 Å². The average molecular weight is 825 g/mol. The Morgan fingerprint density at radius 3 is 1.43 bits per heavy atom. The van der Waals surface area contributed by atoms with Crippen molar-refractivity contribution in [3.63, 3.8) is 0 Å². The third kappa shape index (κ3) is 29.3. The Kier molecular flexibility index (Phi) is 34.1. The highest BCUT2D eigenvalue weighted by Crippen LogP contribution is 2.26. The third-order valence-electron chi connectivity index (χ3n) is 10.7. The second-order valence-corrected chi connectivity index (χ2v) is 17.1. The molecule has 1 aliphatic heterocycles. The Hall–Kier alpha value is -0.900. The molecule has 0 amide bonds. The van der Waals surface area contributed by atoms with Crippen molar-refractivity contribution >= 4 is 16.4 Å². The van der Waals surface area contributed by atoms with E-state index in [4.69, 9.17) is 23.5 Å². The second kappa shape index (κ2) is 36.0. The summed E-state index contributed by atoms with van der Waals surface area (Å²) in [5, 5.41) is 30.6. The molecule has 12 nitrogen and oxygen atoms in total. The van der Waals surface area contributed by atoms with E-state index in [-0.39, 0.29) is 19.6 Å². The highest BCUT2D eigenvalue weighted by atomic mass is 32.3. The number of ether oxygens (including phenoxy) is 4. The summed E-state index contributed by atoms with van der Waals surface area (Å²) in [7, 11) is -5.05. The molecule has 334 valence electrons. The number of hydrogen-bond donors (Lipinski definition) is 4. The molecule has 1 rings (SSSR count). The quantitative estimate of drug-likeness (QED) is 0.0262. The topological polar surface area (TPSA) is 178 Å². The van der Waals surface area contributed by atoms with Crippen LogP contribution in [0.2, 0.25) is 0 Å². The Balaban J connectivity index is 2.38. The molecule has 1 saturated heterocycles. The molecule has 1 fully saturated rings. The van der Waals surface area contributed by atoms with Gasteiger partial charge < -0.3 is 34.3 Å². The summed E-state index contributed by atoms with van der Waals surface area (Å²) in [6.45, 7) is 4.01. The van der Waals surface area contributed by atoms with E-state index in [9.17, 15) is 28.5 Å². The van der Waals surface area contributed by atoms with E-state index in [0.29, 0.717) is 13.0 Å². The molecular weight excluding hydrogens is 741 g/mol. The molecule has 1 aliphatic rings. The van der Waals surface area contributed by atoms with Crippen LogP contribution in [-0.2, 0) is 38.3 Å². The molecule has 6 unspecified atom stereocenters. The van der Waals surface area contributed by atoms with Gasteiger partial charge in [-0.1, -0.05) is 187 Å². The molecule has 0 radical (unpaired) electrons. The van der Waals surface area contributed by atoms with Crippen molar-refractivity contribution in [3.05, 3.63) is 0 Å². The summed E-state index contributed by atoms with van der Waals surface area (Å²) in [6, 6.07) is 0. The molecule has 0 aromatic rings. The van der Waals surface area contributed by atoms with Gasteiger partial charge in [0.15, 0.2) is 6.29 Å². The SMILES string of the molecule is CCCCCCCCCCCCCCCCCCCCOCC(COC1OC(CO)C(O)C(OS(=O)(=O)O)C1O)OC(=O)CCCCCCCCCCCCC. The van der Waals surface area contributed by atoms with Crippen molar-refractivity contribution in [1.82, 2.24) is 0 Å². The van der Waals surface area contributed by atoms with E-state index in [2.05, 4.69) is 18.0 Å². The molecule has 1 heterocycles. The fourth-order valence-corrected chi connectivity index (χ4v) is 7.77. The van der Waals surface area contributed by atoms with Crippen LogP contribution in [0.4, 0.5) is 0 Å². The van der Waals surface area contributed by atoms with Crippen molar-refractivity contribution in [1.29, 1.82) is 0 Å². The number of carbonyl (C=O) groups is 1. The number of rotatable bonds is 40. The van der Waals surface area contributed by atoms with Gasteiger partial charge in [0.2, 0.25) is 0 Å². The number of esters is 1. The predicted octanol–water partition coefficient (Wildman–Crippen LogP) is 9.30. The Morgan fingerprint density at radius 2 is 1.02 bits per heavy atom. The molecule has 0 aromatic carbocycles. The number of carbonyl (C=O) groups excluding carboxylic acids is 1. The zero-order chi connectivity index (χ0) is 41.1. The predicted molar refractivity (Wildman–Crippen MR) is 221 cm³/mol. The summed E-state index contributed by atoms with van der Waals surface area (Å²) in [5.41, 5.74) is 0. The third-order valence-corrected chi connectivity index (χ3v) is 11.2. The maximum atomic E-state index is 12.8. The lowest BCUT2D eigenvalue weighted by atomic mass is 9.99. The fraction of sp³-hybridized carbons (Fsp3) is 0.977. The minimum Gasteiger partial charge on any atom is -0.457 e. The minimum absolute atomic E-state index is 0.0444. The van der Waals surface area contributed by atoms with Gasteiger partial charge >= 0.3 is 16.4 Å². The normalized spacial score (nSPS) is 20.7. The molecule has 6 atom stereocenters. The molecular formula is C43H84O12S. The van der Waals surface area contributed by atoms with Crippen LogP contribution in [0, 0.1) is 0 Å². The van der Waals surface area contributed by atoms with Crippen LogP contribution in [0.3, 0.4) is 0 Å². The van der Waals surface area contributed by atoms with Gasteiger partial charge in [-0.2, -0.15) is 8.42 Å². The smallest absolute Gasteiger partial charge is 0.397 e. The van der Waals surface area contributed by atoms with Gasteiger partial charge in [0.05, 0.1) is 19.8 Å². The van der Waals surface area contributed by atoms with Gasteiger partial charge in [-0.15, -0.1) is 0 Å². The Bertz CT molecular complexity index is 999. The molecule has 0 bridgehead atoms.